The van der Waals surface area contributed by atoms with E-state index in [0.29, 0.717) is 0 Å². The lowest BCUT2D eigenvalue weighted by Gasteiger charge is -2.17. The second kappa shape index (κ2) is 3.41. The van der Waals surface area contributed by atoms with Crippen LogP contribution in [0.2, 0.25) is 0 Å². The van der Waals surface area contributed by atoms with Gasteiger partial charge in [0, 0.05) is 5.71 Å². The molecule has 0 atom stereocenters. The summed E-state index contributed by atoms with van der Waals surface area (Å²) in [6, 6.07) is 6.37. The average Bonchev–Trinajstić information content (AvgIpc) is 2.18. The van der Waals surface area contributed by atoms with Crippen molar-refractivity contribution < 1.29 is 0 Å². The minimum absolute atomic E-state index is 0.786. The van der Waals surface area contributed by atoms with Gasteiger partial charge < -0.3 is 5.41 Å². The van der Waals surface area contributed by atoms with Crippen LogP contribution in [0.3, 0.4) is 0 Å². The fraction of sp³-hybridized carbons (Fsp3) is 0.308. The van der Waals surface area contributed by atoms with Crippen molar-refractivity contribution >= 4 is 11.3 Å². The van der Waals surface area contributed by atoms with Gasteiger partial charge in [-0.2, -0.15) is 0 Å². The highest BCUT2D eigenvalue weighted by Crippen LogP contribution is 2.24. The number of hydrogen-bond acceptors (Lipinski definition) is 1. The summed E-state index contributed by atoms with van der Waals surface area (Å²) >= 11 is 0. The molecule has 1 aliphatic carbocycles. The summed E-state index contributed by atoms with van der Waals surface area (Å²) in [5, 5.41) is 7.88. The first-order chi connectivity index (χ1) is 6.68. The topological polar surface area (TPSA) is 23.9 Å². The van der Waals surface area contributed by atoms with Crippen LogP contribution in [0, 0.1) is 5.41 Å². The van der Waals surface area contributed by atoms with Gasteiger partial charge in [0.05, 0.1) is 0 Å². The SMILES string of the molecule is C=C(C)c1ccc2c(c1)C(=N)CCC2. The maximum atomic E-state index is 7.88. The Bertz CT molecular complexity index is 402. The molecule has 1 N–H and O–H groups in total. The monoisotopic (exact) mass is 185 g/mol. The molecular formula is C13H15N. The van der Waals surface area contributed by atoms with Crippen LogP contribution in [0.5, 0.6) is 0 Å². The molecule has 0 aromatic heterocycles. The third-order valence-corrected chi connectivity index (χ3v) is 2.80. The predicted molar refractivity (Wildman–Crippen MR) is 60.9 cm³/mol. The Morgan fingerprint density at radius 1 is 1.36 bits per heavy atom. The molecule has 72 valence electrons. The van der Waals surface area contributed by atoms with Gasteiger partial charge in [-0.15, -0.1) is 0 Å². The Morgan fingerprint density at radius 2 is 2.14 bits per heavy atom. The third-order valence-electron chi connectivity index (χ3n) is 2.80. The zero-order chi connectivity index (χ0) is 10.1. The second-order valence-corrected chi connectivity index (χ2v) is 3.98. The Hall–Kier alpha value is -1.37. The molecule has 1 aliphatic rings. The molecule has 2 rings (SSSR count). The fourth-order valence-corrected chi connectivity index (χ4v) is 1.93. The second-order valence-electron chi connectivity index (χ2n) is 3.98. The van der Waals surface area contributed by atoms with Gasteiger partial charge in [0.1, 0.15) is 0 Å². The van der Waals surface area contributed by atoms with Crippen LogP contribution in [-0.2, 0) is 6.42 Å². The van der Waals surface area contributed by atoms with Crippen molar-refractivity contribution in [1.82, 2.24) is 0 Å². The van der Waals surface area contributed by atoms with Gasteiger partial charge in [-0.05, 0) is 48.9 Å². The van der Waals surface area contributed by atoms with E-state index in [9.17, 15) is 0 Å². The number of nitrogens with one attached hydrogen (secondary N) is 1. The third kappa shape index (κ3) is 1.50. The summed E-state index contributed by atoms with van der Waals surface area (Å²) in [7, 11) is 0. The Kier molecular flexibility index (Phi) is 2.24. The van der Waals surface area contributed by atoms with Gasteiger partial charge in [-0.25, -0.2) is 0 Å². The smallest absolute Gasteiger partial charge is 0.0389 e. The molecule has 0 spiro atoms. The van der Waals surface area contributed by atoms with Gasteiger partial charge in [-0.1, -0.05) is 24.3 Å². The number of aryl methyl sites for hydroxylation is 1. The molecule has 0 amide bonds. The van der Waals surface area contributed by atoms with Gasteiger partial charge in [0.2, 0.25) is 0 Å². The van der Waals surface area contributed by atoms with Crippen LogP contribution in [0.1, 0.15) is 36.5 Å². The quantitative estimate of drug-likeness (QED) is 0.693. The zero-order valence-corrected chi connectivity index (χ0v) is 8.56. The van der Waals surface area contributed by atoms with Crippen molar-refractivity contribution in [3.05, 3.63) is 41.5 Å². The molecule has 1 aromatic rings. The molecule has 1 aromatic carbocycles. The Morgan fingerprint density at radius 3 is 2.86 bits per heavy atom. The van der Waals surface area contributed by atoms with E-state index in [1.165, 1.54) is 5.56 Å². The summed E-state index contributed by atoms with van der Waals surface area (Å²) in [5.41, 5.74) is 5.49. The van der Waals surface area contributed by atoms with E-state index in [1.807, 2.05) is 6.92 Å². The van der Waals surface area contributed by atoms with Gasteiger partial charge in [-0.3, -0.25) is 0 Å². The van der Waals surface area contributed by atoms with Crippen molar-refractivity contribution in [3.8, 4) is 0 Å². The highest BCUT2D eigenvalue weighted by Gasteiger charge is 2.14. The van der Waals surface area contributed by atoms with Crippen molar-refractivity contribution in [3.63, 3.8) is 0 Å². The predicted octanol–water partition coefficient (Wildman–Crippen LogP) is 3.42. The first-order valence-electron chi connectivity index (χ1n) is 5.05. The molecule has 1 heteroatoms. The summed E-state index contributed by atoms with van der Waals surface area (Å²) in [6.07, 6.45) is 3.17. The van der Waals surface area contributed by atoms with Crippen LogP contribution >= 0.6 is 0 Å². The Labute approximate surface area is 85.0 Å². The highest BCUT2D eigenvalue weighted by atomic mass is 14.4. The molecule has 0 saturated heterocycles. The lowest BCUT2D eigenvalue weighted by Crippen LogP contribution is -2.10. The van der Waals surface area contributed by atoms with E-state index in [0.717, 1.165) is 41.7 Å². The largest absolute Gasteiger partial charge is 0.305 e. The molecule has 14 heavy (non-hydrogen) atoms. The molecule has 1 nitrogen and oxygen atoms in total. The molecule has 0 fully saturated rings. The van der Waals surface area contributed by atoms with Gasteiger partial charge >= 0.3 is 0 Å². The normalized spacial score (nSPS) is 15.1. The van der Waals surface area contributed by atoms with Crippen LogP contribution < -0.4 is 0 Å². The first kappa shape index (κ1) is 9.20. The molecule has 0 saturated carbocycles. The maximum absolute atomic E-state index is 7.88. The lowest BCUT2D eigenvalue weighted by molar-refractivity contribution is 0.835. The molecule has 0 unspecified atom stereocenters. The van der Waals surface area contributed by atoms with Crippen LogP contribution in [0.15, 0.2) is 24.8 Å². The molecule has 0 radical (unpaired) electrons. The number of hydrogen-bond donors (Lipinski definition) is 1. The van der Waals surface area contributed by atoms with Crippen molar-refractivity contribution in [1.29, 1.82) is 5.41 Å². The first-order valence-corrected chi connectivity index (χ1v) is 5.05. The summed E-state index contributed by atoms with van der Waals surface area (Å²) in [6.45, 7) is 5.94. The van der Waals surface area contributed by atoms with Crippen molar-refractivity contribution in [2.45, 2.75) is 26.2 Å². The number of fused-ring (bicyclic) bond motifs is 1. The summed E-state index contributed by atoms with van der Waals surface area (Å²) < 4.78 is 0. The van der Waals surface area contributed by atoms with E-state index in [-0.39, 0.29) is 0 Å². The standard InChI is InChI=1S/C13H15N/c1-9(2)11-7-6-10-4-3-5-13(14)12(10)8-11/h6-8,14H,1,3-5H2,2H3. The highest BCUT2D eigenvalue weighted by molar-refractivity contribution is 6.01. The molecular weight excluding hydrogens is 170 g/mol. The average molecular weight is 185 g/mol. The van der Waals surface area contributed by atoms with Crippen LogP contribution in [0.4, 0.5) is 0 Å². The number of rotatable bonds is 1. The van der Waals surface area contributed by atoms with Crippen molar-refractivity contribution in [2.75, 3.05) is 0 Å². The summed E-state index contributed by atoms with van der Waals surface area (Å²) in [5.74, 6) is 0. The molecule has 0 aliphatic heterocycles. The van der Waals surface area contributed by atoms with Gasteiger partial charge in [0.15, 0.2) is 0 Å². The van der Waals surface area contributed by atoms with Crippen molar-refractivity contribution in [2.24, 2.45) is 0 Å². The van der Waals surface area contributed by atoms with E-state index in [4.69, 9.17) is 5.41 Å². The minimum Gasteiger partial charge on any atom is -0.305 e. The van der Waals surface area contributed by atoms with Crippen LogP contribution in [-0.4, -0.2) is 5.71 Å². The fourth-order valence-electron chi connectivity index (χ4n) is 1.93. The van der Waals surface area contributed by atoms with E-state index < -0.39 is 0 Å². The Balaban J connectivity index is 2.51. The van der Waals surface area contributed by atoms with E-state index in [2.05, 4.69) is 24.8 Å². The zero-order valence-electron chi connectivity index (χ0n) is 8.56. The maximum Gasteiger partial charge on any atom is 0.0389 e. The summed E-state index contributed by atoms with van der Waals surface area (Å²) in [4.78, 5) is 0. The number of allylic oxidation sites excluding steroid dienone is 1. The van der Waals surface area contributed by atoms with E-state index >= 15 is 0 Å². The molecule has 0 heterocycles. The minimum atomic E-state index is 0.786. The van der Waals surface area contributed by atoms with Crippen LogP contribution in [0.25, 0.3) is 5.57 Å². The molecule has 0 bridgehead atoms. The number of benzene rings is 1. The van der Waals surface area contributed by atoms with Gasteiger partial charge in [0.25, 0.3) is 0 Å². The lowest BCUT2D eigenvalue weighted by atomic mass is 9.88. The van der Waals surface area contributed by atoms with E-state index in [1.54, 1.807) is 0 Å².